The van der Waals surface area contributed by atoms with E-state index in [4.69, 9.17) is 0 Å². The molecule has 5 atom stereocenters. The number of likely N-dealkylation sites (tertiary alicyclic amines) is 1. The van der Waals surface area contributed by atoms with Gasteiger partial charge in [-0.2, -0.15) is 0 Å². The summed E-state index contributed by atoms with van der Waals surface area (Å²) < 4.78 is 0. The molecule has 5 unspecified atom stereocenters. The summed E-state index contributed by atoms with van der Waals surface area (Å²) >= 11 is 0. The van der Waals surface area contributed by atoms with Gasteiger partial charge in [0.1, 0.15) is 6.04 Å². The van der Waals surface area contributed by atoms with Crippen LogP contribution in [0.3, 0.4) is 0 Å². The smallest absolute Gasteiger partial charge is 0.255 e. The summed E-state index contributed by atoms with van der Waals surface area (Å²) in [5.41, 5.74) is 1.53. The fourth-order valence-electron chi connectivity index (χ4n) is 6.09. The summed E-state index contributed by atoms with van der Waals surface area (Å²) in [5, 5.41) is 2.29. The van der Waals surface area contributed by atoms with Crippen LogP contribution in [0.4, 0.5) is 5.69 Å². The topological polar surface area (TPSA) is 90.0 Å². The molecule has 3 saturated heterocycles. The van der Waals surface area contributed by atoms with Crippen LogP contribution in [0.5, 0.6) is 0 Å². The summed E-state index contributed by atoms with van der Waals surface area (Å²) in [6.07, 6.45) is 3.71. The van der Waals surface area contributed by atoms with Gasteiger partial charge in [-0.05, 0) is 61.1 Å². The fourth-order valence-corrected chi connectivity index (χ4v) is 6.09. The normalized spacial score (nSPS) is 31.1. The maximum atomic E-state index is 13.3. The van der Waals surface area contributed by atoms with Crippen LogP contribution in [0.25, 0.3) is 0 Å². The van der Waals surface area contributed by atoms with Crippen LogP contribution < -0.4 is 10.2 Å². The molecule has 0 radical (unpaired) electrons. The van der Waals surface area contributed by atoms with E-state index in [2.05, 4.69) is 22.0 Å². The first-order valence-electron chi connectivity index (χ1n) is 12.5. The Kier molecular flexibility index (Phi) is 6.18. The first kappa shape index (κ1) is 23.0. The molecular weight excluding hydrogens is 432 g/mol. The molecule has 1 aliphatic carbocycles. The van der Waals surface area contributed by atoms with Gasteiger partial charge in [0.25, 0.3) is 5.91 Å². The predicted octanol–water partition coefficient (Wildman–Crippen LogP) is 1.79. The van der Waals surface area contributed by atoms with E-state index >= 15 is 0 Å². The molecule has 0 aromatic heterocycles. The monoisotopic (exact) mass is 466 g/mol. The van der Waals surface area contributed by atoms with Crippen LogP contribution in [-0.4, -0.2) is 79.6 Å². The third-order valence-electron chi connectivity index (χ3n) is 8.39. The summed E-state index contributed by atoms with van der Waals surface area (Å²) in [5.74, 6) is 1.97. The van der Waals surface area contributed by atoms with E-state index < -0.39 is 11.9 Å². The molecule has 4 aliphatic rings. The second-order valence-electron chi connectivity index (χ2n) is 10.7. The number of aldehydes is 1. The Morgan fingerprint density at radius 2 is 1.94 bits per heavy atom. The molecule has 5 rings (SSSR count). The number of hydrogen-bond acceptors (Lipinski definition) is 6. The van der Waals surface area contributed by atoms with Crippen LogP contribution in [0.2, 0.25) is 0 Å². The van der Waals surface area contributed by atoms with E-state index in [0.29, 0.717) is 29.2 Å². The standard InChI is InChI=1S/C26H34N4O4/c1-16-11-30(8-7-17(16)12-29-13-19-9-20(19)14-29)21-4-3-18(15-31)22(10-21)26(34)28(2)23-5-6-24(32)27-25(23)33/h3-4,10,15-17,19-20,23H,5-9,11-14H2,1-2H3,(H,27,32,33). The molecule has 4 fully saturated rings. The number of fused-ring (bicyclic) bond motifs is 1. The van der Waals surface area contributed by atoms with Gasteiger partial charge in [-0.3, -0.25) is 24.5 Å². The second-order valence-corrected chi connectivity index (χ2v) is 10.7. The average molecular weight is 467 g/mol. The van der Waals surface area contributed by atoms with Crippen molar-refractivity contribution in [3.63, 3.8) is 0 Å². The minimum atomic E-state index is -0.722. The Morgan fingerprint density at radius 3 is 2.62 bits per heavy atom. The van der Waals surface area contributed by atoms with Gasteiger partial charge < -0.3 is 14.7 Å². The lowest BCUT2D eigenvalue weighted by Gasteiger charge is -2.40. The molecule has 182 valence electrons. The molecule has 1 N–H and O–H groups in total. The van der Waals surface area contributed by atoms with Gasteiger partial charge in [-0.15, -0.1) is 0 Å². The first-order chi connectivity index (χ1) is 16.3. The molecule has 1 saturated carbocycles. The summed E-state index contributed by atoms with van der Waals surface area (Å²) in [6, 6.07) is 4.67. The van der Waals surface area contributed by atoms with E-state index in [1.807, 2.05) is 6.07 Å². The number of hydrogen-bond donors (Lipinski definition) is 1. The molecule has 1 aromatic rings. The molecule has 0 bridgehead atoms. The third-order valence-corrected chi connectivity index (χ3v) is 8.39. The van der Waals surface area contributed by atoms with Gasteiger partial charge in [0.15, 0.2) is 6.29 Å². The molecule has 3 heterocycles. The minimum Gasteiger partial charge on any atom is -0.371 e. The lowest BCUT2D eigenvalue weighted by Crippen LogP contribution is -2.53. The van der Waals surface area contributed by atoms with E-state index in [1.165, 1.54) is 31.0 Å². The molecule has 8 nitrogen and oxygen atoms in total. The second kappa shape index (κ2) is 9.13. The number of rotatable bonds is 6. The van der Waals surface area contributed by atoms with E-state index in [-0.39, 0.29) is 24.7 Å². The number of nitrogens with one attached hydrogen (secondary N) is 1. The molecule has 1 aromatic carbocycles. The molecule has 3 aliphatic heterocycles. The minimum absolute atomic E-state index is 0.195. The zero-order valence-electron chi connectivity index (χ0n) is 20.0. The average Bonchev–Trinajstić information content (AvgIpc) is 3.44. The lowest BCUT2D eigenvalue weighted by molar-refractivity contribution is -0.136. The maximum absolute atomic E-state index is 13.3. The van der Waals surface area contributed by atoms with Crippen molar-refractivity contribution in [1.29, 1.82) is 0 Å². The van der Waals surface area contributed by atoms with Crippen LogP contribution in [0.15, 0.2) is 18.2 Å². The number of amides is 3. The molecule has 8 heteroatoms. The van der Waals surface area contributed by atoms with Gasteiger partial charge in [0.2, 0.25) is 11.8 Å². The van der Waals surface area contributed by atoms with Gasteiger partial charge in [-0.1, -0.05) is 6.92 Å². The Labute approximate surface area is 200 Å². The van der Waals surface area contributed by atoms with Crippen LogP contribution >= 0.6 is 0 Å². The lowest BCUT2D eigenvalue weighted by atomic mass is 9.86. The number of piperidine rings is 3. The van der Waals surface area contributed by atoms with E-state index in [1.54, 1.807) is 19.2 Å². The van der Waals surface area contributed by atoms with Gasteiger partial charge in [0, 0.05) is 57.4 Å². The highest BCUT2D eigenvalue weighted by Gasteiger charge is 2.45. The maximum Gasteiger partial charge on any atom is 0.255 e. The quantitative estimate of drug-likeness (QED) is 0.508. The van der Waals surface area contributed by atoms with Crippen molar-refractivity contribution in [2.45, 2.75) is 38.6 Å². The third kappa shape index (κ3) is 4.48. The number of carbonyl (C=O) groups excluding carboxylic acids is 4. The number of anilines is 1. The van der Waals surface area contributed by atoms with Gasteiger partial charge >= 0.3 is 0 Å². The van der Waals surface area contributed by atoms with Crippen LogP contribution in [0.1, 0.15) is 53.3 Å². The zero-order chi connectivity index (χ0) is 24.0. The summed E-state index contributed by atoms with van der Waals surface area (Å²) in [7, 11) is 1.56. The van der Waals surface area contributed by atoms with Crippen LogP contribution in [0, 0.1) is 23.7 Å². The van der Waals surface area contributed by atoms with Gasteiger partial charge in [-0.25, -0.2) is 0 Å². The largest absolute Gasteiger partial charge is 0.371 e. The van der Waals surface area contributed by atoms with Gasteiger partial charge in [0.05, 0.1) is 5.56 Å². The van der Waals surface area contributed by atoms with Crippen molar-refractivity contribution in [3.05, 3.63) is 29.3 Å². The van der Waals surface area contributed by atoms with Crippen molar-refractivity contribution in [3.8, 4) is 0 Å². The van der Waals surface area contributed by atoms with E-state index in [9.17, 15) is 19.2 Å². The highest BCUT2D eigenvalue weighted by atomic mass is 16.2. The first-order valence-corrected chi connectivity index (χ1v) is 12.5. The van der Waals surface area contributed by atoms with Crippen molar-refractivity contribution in [2.24, 2.45) is 23.7 Å². The number of benzene rings is 1. The highest BCUT2D eigenvalue weighted by molar-refractivity contribution is 6.06. The molecule has 0 spiro atoms. The number of carbonyl (C=O) groups is 4. The van der Waals surface area contributed by atoms with Crippen molar-refractivity contribution >= 4 is 29.7 Å². The number of imide groups is 1. The Balaban J connectivity index is 1.27. The number of nitrogens with zero attached hydrogens (tertiary/aromatic N) is 3. The Bertz CT molecular complexity index is 1000. The van der Waals surface area contributed by atoms with E-state index in [0.717, 1.165) is 37.0 Å². The summed E-state index contributed by atoms with van der Waals surface area (Å²) in [6.45, 7) is 7.89. The Morgan fingerprint density at radius 1 is 1.18 bits per heavy atom. The SMILES string of the molecule is CC1CN(c2ccc(C=O)c(C(=O)N(C)C3CCC(=O)NC3=O)c2)CCC1CN1CC2CC2C1. The molecule has 3 amide bonds. The highest BCUT2D eigenvalue weighted by Crippen LogP contribution is 2.45. The fraction of sp³-hybridized carbons (Fsp3) is 0.615. The molecule has 34 heavy (non-hydrogen) atoms. The van der Waals surface area contributed by atoms with Crippen molar-refractivity contribution in [1.82, 2.24) is 15.1 Å². The number of likely N-dealkylation sites (N-methyl/N-ethyl adjacent to an activating group) is 1. The summed E-state index contributed by atoms with van der Waals surface area (Å²) in [4.78, 5) is 55.0. The van der Waals surface area contributed by atoms with Crippen molar-refractivity contribution in [2.75, 3.05) is 44.7 Å². The Hall–Kier alpha value is -2.74. The molecular formula is C26H34N4O4. The predicted molar refractivity (Wildman–Crippen MR) is 128 cm³/mol. The van der Waals surface area contributed by atoms with Crippen molar-refractivity contribution < 1.29 is 19.2 Å². The van der Waals surface area contributed by atoms with Crippen LogP contribution in [-0.2, 0) is 9.59 Å². The zero-order valence-corrected chi connectivity index (χ0v) is 20.0.